The number of hydrogen-bond donors (Lipinski definition) is 2. The van der Waals surface area contributed by atoms with Crippen LogP contribution in [0.25, 0.3) is 43.6 Å². The van der Waals surface area contributed by atoms with Gasteiger partial charge in [-0.1, -0.05) is 66.7 Å². The number of benzene rings is 3. The first kappa shape index (κ1) is 19.8. The molecular weight excluding hydrogens is 430 g/mol. The number of aromatic nitrogens is 4. The van der Waals surface area contributed by atoms with Crippen molar-refractivity contribution < 1.29 is 0 Å². The van der Waals surface area contributed by atoms with Gasteiger partial charge in [0.15, 0.2) is 5.82 Å². The van der Waals surface area contributed by atoms with Crippen molar-refractivity contribution >= 4 is 49.4 Å². The van der Waals surface area contributed by atoms with Crippen LogP contribution in [0.1, 0.15) is 11.3 Å². The van der Waals surface area contributed by atoms with Crippen molar-refractivity contribution in [2.45, 2.75) is 13.1 Å². The summed E-state index contributed by atoms with van der Waals surface area (Å²) in [5.41, 5.74) is 6.75. The number of rotatable bonds is 5. The zero-order valence-electron chi connectivity index (χ0n) is 19.1. The molecule has 0 bridgehead atoms. The third kappa shape index (κ3) is 3.24. The summed E-state index contributed by atoms with van der Waals surface area (Å²) in [7, 11) is 0. The van der Waals surface area contributed by atoms with Crippen LogP contribution in [-0.2, 0) is 13.1 Å². The molecule has 0 aliphatic heterocycles. The molecule has 0 radical (unpaired) electrons. The number of pyridine rings is 2. The lowest BCUT2D eigenvalue weighted by Gasteiger charge is -2.12. The van der Waals surface area contributed by atoms with Crippen LogP contribution in [0.3, 0.4) is 0 Å². The molecule has 0 fully saturated rings. The van der Waals surface area contributed by atoms with Crippen molar-refractivity contribution in [1.29, 1.82) is 0 Å². The Morgan fingerprint density at radius 2 is 1.43 bits per heavy atom. The maximum absolute atomic E-state index is 4.77. The average molecular weight is 454 g/mol. The summed E-state index contributed by atoms with van der Waals surface area (Å²) < 4.78 is 2.37. The number of aromatic amines is 1. The maximum Gasteiger partial charge on any atom is 0.150 e. The van der Waals surface area contributed by atoms with E-state index in [-0.39, 0.29) is 0 Å². The largest absolute Gasteiger partial charge is 0.363 e. The SMILES string of the molecule is c1ccc(Cn2c3ccccc3c3ccnc(NCc4nccc5c4[nH]c4ccccc45)c32)cc1. The Morgan fingerprint density at radius 3 is 2.34 bits per heavy atom. The van der Waals surface area contributed by atoms with E-state index in [1.165, 1.54) is 32.6 Å². The number of H-pyrrole nitrogens is 1. The van der Waals surface area contributed by atoms with Crippen LogP contribution in [0.15, 0.2) is 103 Å². The molecule has 4 heterocycles. The molecule has 4 aromatic heterocycles. The molecule has 0 saturated carbocycles. The first-order valence-electron chi connectivity index (χ1n) is 11.8. The summed E-state index contributed by atoms with van der Waals surface area (Å²) in [4.78, 5) is 13.0. The molecule has 0 amide bonds. The van der Waals surface area contributed by atoms with Crippen LogP contribution < -0.4 is 5.32 Å². The number of fused-ring (bicyclic) bond motifs is 6. The van der Waals surface area contributed by atoms with Crippen LogP contribution in [0.4, 0.5) is 5.82 Å². The monoisotopic (exact) mass is 453 g/mol. The highest BCUT2D eigenvalue weighted by atomic mass is 15.1. The van der Waals surface area contributed by atoms with Gasteiger partial charge in [0.05, 0.1) is 23.3 Å². The van der Waals surface area contributed by atoms with Gasteiger partial charge in [-0.05, 0) is 29.8 Å². The van der Waals surface area contributed by atoms with Gasteiger partial charge in [0.25, 0.3) is 0 Å². The quantitative estimate of drug-likeness (QED) is 0.299. The molecule has 7 rings (SSSR count). The lowest BCUT2D eigenvalue weighted by Crippen LogP contribution is -2.07. The molecule has 0 unspecified atom stereocenters. The van der Waals surface area contributed by atoms with Crippen LogP contribution in [0.2, 0.25) is 0 Å². The van der Waals surface area contributed by atoms with Crippen molar-refractivity contribution in [1.82, 2.24) is 19.5 Å². The van der Waals surface area contributed by atoms with E-state index in [0.717, 1.165) is 34.6 Å². The second-order valence-corrected chi connectivity index (χ2v) is 8.85. The van der Waals surface area contributed by atoms with Gasteiger partial charge in [0, 0.05) is 51.5 Å². The topological polar surface area (TPSA) is 58.5 Å². The highest BCUT2D eigenvalue weighted by Gasteiger charge is 2.16. The molecule has 0 aliphatic carbocycles. The minimum atomic E-state index is 0.573. The molecule has 0 spiro atoms. The average Bonchev–Trinajstić information content (AvgIpc) is 3.45. The minimum Gasteiger partial charge on any atom is -0.363 e. The summed E-state index contributed by atoms with van der Waals surface area (Å²) in [5.74, 6) is 0.865. The van der Waals surface area contributed by atoms with Gasteiger partial charge >= 0.3 is 0 Å². The highest BCUT2D eigenvalue weighted by Crippen LogP contribution is 2.34. The van der Waals surface area contributed by atoms with Crippen LogP contribution >= 0.6 is 0 Å². The number of nitrogens with zero attached hydrogens (tertiary/aromatic N) is 3. The molecule has 0 aliphatic rings. The van der Waals surface area contributed by atoms with E-state index < -0.39 is 0 Å². The van der Waals surface area contributed by atoms with Crippen molar-refractivity contribution in [3.63, 3.8) is 0 Å². The third-order valence-corrected chi connectivity index (χ3v) is 6.79. The Bertz CT molecular complexity index is 1830. The molecule has 7 aromatic rings. The molecular formula is C30H23N5. The van der Waals surface area contributed by atoms with Gasteiger partial charge in [-0.2, -0.15) is 0 Å². The van der Waals surface area contributed by atoms with Gasteiger partial charge in [-0.3, -0.25) is 4.98 Å². The van der Waals surface area contributed by atoms with Crippen molar-refractivity contribution in [3.05, 3.63) is 115 Å². The van der Waals surface area contributed by atoms with Crippen molar-refractivity contribution in [3.8, 4) is 0 Å². The van der Waals surface area contributed by atoms with E-state index in [1.807, 2.05) is 12.4 Å². The van der Waals surface area contributed by atoms with E-state index in [2.05, 4.69) is 106 Å². The number of hydrogen-bond acceptors (Lipinski definition) is 3. The Morgan fingerprint density at radius 1 is 0.686 bits per heavy atom. The zero-order chi connectivity index (χ0) is 23.2. The predicted molar refractivity (Wildman–Crippen MR) is 144 cm³/mol. The first-order valence-corrected chi connectivity index (χ1v) is 11.8. The zero-order valence-corrected chi connectivity index (χ0v) is 19.1. The lowest BCUT2D eigenvalue weighted by molar-refractivity contribution is 0.866. The van der Waals surface area contributed by atoms with E-state index >= 15 is 0 Å². The lowest BCUT2D eigenvalue weighted by atomic mass is 10.1. The van der Waals surface area contributed by atoms with E-state index in [0.29, 0.717) is 6.54 Å². The number of nitrogens with one attached hydrogen (secondary N) is 2. The fourth-order valence-electron chi connectivity index (χ4n) is 5.19. The second-order valence-electron chi connectivity index (χ2n) is 8.85. The van der Waals surface area contributed by atoms with Crippen LogP contribution in [0, 0.1) is 0 Å². The molecule has 0 atom stereocenters. The summed E-state index contributed by atoms with van der Waals surface area (Å²) >= 11 is 0. The molecule has 168 valence electrons. The van der Waals surface area contributed by atoms with Crippen LogP contribution in [0.5, 0.6) is 0 Å². The summed E-state index contributed by atoms with van der Waals surface area (Å²) in [6.45, 7) is 1.35. The fraction of sp³-hybridized carbons (Fsp3) is 0.0667. The molecule has 35 heavy (non-hydrogen) atoms. The molecule has 5 heteroatoms. The molecule has 2 N–H and O–H groups in total. The standard InChI is InChI=1S/C30H23N5/c1-2-8-20(9-3-1)19-35-27-13-7-5-11-22(27)24-15-17-32-30(29(24)35)33-18-26-28-23(14-16-31-26)21-10-4-6-12-25(21)34-28/h1-17,34H,18-19H2,(H,32,33). The van der Waals surface area contributed by atoms with E-state index in [9.17, 15) is 0 Å². The fourth-order valence-corrected chi connectivity index (χ4v) is 5.19. The highest BCUT2D eigenvalue weighted by molar-refractivity contribution is 6.11. The van der Waals surface area contributed by atoms with E-state index in [1.54, 1.807) is 0 Å². The van der Waals surface area contributed by atoms with Gasteiger partial charge < -0.3 is 14.9 Å². The van der Waals surface area contributed by atoms with Crippen LogP contribution in [-0.4, -0.2) is 19.5 Å². The Kier molecular flexibility index (Phi) is 4.52. The normalized spacial score (nSPS) is 11.7. The first-order chi connectivity index (χ1) is 17.4. The third-order valence-electron chi connectivity index (χ3n) is 6.79. The Labute approximate surface area is 202 Å². The summed E-state index contributed by atoms with van der Waals surface area (Å²) in [5, 5.41) is 8.46. The molecule has 0 saturated heterocycles. The van der Waals surface area contributed by atoms with Gasteiger partial charge in [0.2, 0.25) is 0 Å². The summed E-state index contributed by atoms with van der Waals surface area (Å²) in [6.07, 6.45) is 3.78. The maximum atomic E-state index is 4.77. The number of para-hydroxylation sites is 2. The van der Waals surface area contributed by atoms with Gasteiger partial charge in [0.1, 0.15) is 0 Å². The Balaban J connectivity index is 1.34. The number of anilines is 1. The second kappa shape index (κ2) is 7.99. The van der Waals surface area contributed by atoms with E-state index in [4.69, 9.17) is 9.97 Å². The predicted octanol–water partition coefficient (Wildman–Crippen LogP) is 6.88. The van der Waals surface area contributed by atoms with Crippen molar-refractivity contribution in [2.75, 3.05) is 5.32 Å². The molecule has 3 aromatic carbocycles. The van der Waals surface area contributed by atoms with Gasteiger partial charge in [-0.25, -0.2) is 4.98 Å². The van der Waals surface area contributed by atoms with Gasteiger partial charge in [-0.15, -0.1) is 0 Å². The van der Waals surface area contributed by atoms with Crippen molar-refractivity contribution in [2.24, 2.45) is 0 Å². The summed E-state index contributed by atoms with van der Waals surface area (Å²) in [6, 6.07) is 31.7. The smallest absolute Gasteiger partial charge is 0.150 e. The molecule has 5 nitrogen and oxygen atoms in total. The Hall–Kier alpha value is -4.64. The minimum absolute atomic E-state index is 0.573.